The Balaban J connectivity index is 2.06. The number of rotatable bonds is 7. The van der Waals surface area contributed by atoms with Crippen molar-refractivity contribution in [2.24, 2.45) is 0 Å². The summed E-state index contributed by atoms with van der Waals surface area (Å²) in [5, 5.41) is 20.0. The summed E-state index contributed by atoms with van der Waals surface area (Å²) in [6.45, 7) is 1.93. The van der Waals surface area contributed by atoms with Gasteiger partial charge in [-0.1, -0.05) is 18.2 Å². The number of carbonyl (C=O) groups excluding carboxylic acids is 1. The molecule has 8 heteroatoms. The molecule has 0 aliphatic rings. The predicted molar refractivity (Wildman–Crippen MR) is 114 cm³/mol. The molecular formula is C24H23F2NO5. The van der Waals surface area contributed by atoms with Crippen LogP contribution in [0.15, 0.2) is 53.3 Å². The first-order valence-corrected chi connectivity index (χ1v) is 9.94. The Morgan fingerprint density at radius 3 is 2.38 bits per heavy atom. The van der Waals surface area contributed by atoms with Crippen LogP contribution >= 0.6 is 0 Å². The fourth-order valence-electron chi connectivity index (χ4n) is 3.64. The van der Waals surface area contributed by atoms with Crippen molar-refractivity contribution in [3.05, 3.63) is 92.9 Å². The summed E-state index contributed by atoms with van der Waals surface area (Å²) in [5.41, 5.74) is 0.904. The minimum absolute atomic E-state index is 0.0993. The van der Waals surface area contributed by atoms with Gasteiger partial charge in [-0.05, 0) is 54.8 Å². The minimum Gasteiger partial charge on any atom is -0.508 e. The van der Waals surface area contributed by atoms with Crippen LogP contribution in [0.1, 0.15) is 34.7 Å². The van der Waals surface area contributed by atoms with Crippen molar-refractivity contribution in [3.8, 4) is 11.5 Å². The zero-order chi connectivity index (χ0) is 23.4. The molecule has 2 N–H and O–H groups in total. The lowest BCUT2D eigenvalue weighted by Gasteiger charge is -2.20. The van der Waals surface area contributed by atoms with E-state index in [1.54, 1.807) is 31.2 Å². The Bertz CT molecular complexity index is 1190. The van der Waals surface area contributed by atoms with Gasteiger partial charge in [0.05, 0.1) is 19.1 Å². The third-order valence-corrected chi connectivity index (χ3v) is 5.38. The Hall–Kier alpha value is -3.68. The van der Waals surface area contributed by atoms with Crippen LogP contribution in [0.25, 0.3) is 0 Å². The van der Waals surface area contributed by atoms with Crippen LogP contribution in [-0.2, 0) is 22.5 Å². The molecule has 0 saturated carbocycles. The Kier molecular flexibility index (Phi) is 6.92. The zero-order valence-electron chi connectivity index (χ0n) is 17.6. The molecule has 1 aromatic heterocycles. The van der Waals surface area contributed by atoms with Crippen LogP contribution in [0, 0.1) is 18.6 Å². The number of ether oxygens (including phenoxy) is 1. The van der Waals surface area contributed by atoms with Crippen LogP contribution in [0.3, 0.4) is 0 Å². The second-order valence-electron chi connectivity index (χ2n) is 7.46. The number of hydrogen-bond acceptors (Lipinski definition) is 5. The van der Waals surface area contributed by atoms with Crippen LogP contribution in [-0.4, -0.2) is 27.9 Å². The van der Waals surface area contributed by atoms with E-state index in [1.807, 2.05) is 0 Å². The number of benzene rings is 2. The van der Waals surface area contributed by atoms with Crippen molar-refractivity contribution in [3.63, 3.8) is 0 Å². The van der Waals surface area contributed by atoms with Crippen molar-refractivity contribution in [2.75, 3.05) is 7.11 Å². The van der Waals surface area contributed by atoms with Gasteiger partial charge in [-0.3, -0.25) is 9.59 Å². The van der Waals surface area contributed by atoms with Crippen molar-refractivity contribution in [1.82, 2.24) is 4.57 Å². The molecule has 1 heterocycles. The van der Waals surface area contributed by atoms with Crippen LogP contribution in [0.4, 0.5) is 8.78 Å². The van der Waals surface area contributed by atoms with Gasteiger partial charge in [0.15, 0.2) is 11.6 Å². The van der Waals surface area contributed by atoms with Crippen LogP contribution < -0.4 is 5.56 Å². The third-order valence-electron chi connectivity index (χ3n) is 5.38. The monoisotopic (exact) mass is 443 g/mol. The van der Waals surface area contributed by atoms with E-state index < -0.39 is 29.1 Å². The maximum Gasteiger partial charge on any atom is 0.306 e. The van der Waals surface area contributed by atoms with Gasteiger partial charge in [0.2, 0.25) is 0 Å². The van der Waals surface area contributed by atoms with Crippen LogP contribution in [0.2, 0.25) is 0 Å². The number of aromatic hydroxyl groups is 2. The first-order valence-electron chi connectivity index (χ1n) is 9.94. The van der Waals surface area contributed by atoms with Gasteiger partial charge in [-0.2, -0.15) is 0 Å². The first kappa shape index (κ1) is 23.0. The highest BCUT2D eigenvalue weighted by Crippen LogP contribution is 2.33. The molecule has 0 saturated heterocycles. The van der Waals surface area contributed by atoms with E-state index in [9.17, 15) is 28.6 Å². The fraction of sp³-hybridized carbons (Fsp3) is 0.250. The normalized spacial score (nSPS) is 11.9. The molecule has 6 nitrogen and oxygen atoms in total. The second kappa shape index (κ2) is 9.64. The largest absolute Gasteiger partial charge is 0.508 e. The number of methoxy groups -OCH3 is 1. The molecule has 0 bridgehead atoms. The van der Waals surface area contributed by atoms with Gasteiger partial charge in [0, 0.05) is 18.2 Å². The highest BCUT2D eigenvalue weighted by atomic mass is 19.2. The molecule has 0 radical (unpaired) electrons. The molecule has 3 aromatic rings. The molecule has 0 fully saturated rings. The van der Waals surface area contributed by atoms with Gasteiger partial charge in [-0.15, -0.1) is 0 Å². The molecule has 168 valence electrons. The van der Waals surface area contributed by atoms with E-state index in [1.165, 1.54) is 23.8 Å². The van der Waals surface area contributed by atoms with Gasteiger partial charge in [-0.25, -0.2) is 8.78 Å². The van der Waals surface area contributed by atoms with Crippen molar-refractivity contribution < 1.29 is 28.5 Å². The molecule has 1 unspecified atom stereocenters. The number of aromatic nitrogens is 1. The summed E-state index contributed by atoms with van der Waals surface area (Å²) in [6, 6.07) is 11.0. The number of phenols is 1. The lowest BCUT2D eigenvalue weighted by Crippen LogP contribution is -2.29. The molecular weight excluding hydrogens is 420 g/mol. The molecule has 0 spiro atoms. The Labute approximate surface area is 183 Å². The molecule has 0 aliphatic carbocycles. The third kappa shape index (κ3) is 4.96. The van der Waals surface area contributed by atoms with E-state index >= 15 is 0 Å². The molecule has 32 heavy (non-hydrogen) atoms. The number of pyridine rings is 1. The maximum absolute atomic E-state index is 13.9. The number of nitrogens with zero attached hydrogens (tertiary/aromatic N) is 1. The highest BCUT2D eigenvalue weighted by Gasteiger charge is 2.27. The summed E-state index contributed by atoms with van der Waals surface area (Å²) in [4.78, 5) is 25.4. The summed E-state index contributed by atoms with van der Waals surface area (Å²) >= 11 is 0. The van der Waals surface area contributed by atoms with Gasteiger partial charge >= 0.3 is 5.97 Å². The van der Waals surface area contributed by atoms with E-state index in [0.29, 0.717) is 12.1 Å². The Morgan fingerprint density at radius 1 is 1.06 bits per heavy atom. The average Bonchev–Trinajstić information content (AvgIpc) is 2.75. The SMILES string of the molecule is COC(=O)CC(c1ccc(F)c(F)c1)c1c(O)cc(C)n(CCc2ccc(O)cc2)c1=O. The maximum atomic E-state index is 13.9. The van der Waals surface area contributed by atoms with Crippen molar-refractivity contribution in [1.29, 1.82) is 0 Å². The fourth-order valence-corrected chi connectivity index (χ4v) is 3.64. The standard InChI is InChI=1S/C24H23F2NO5/c1-14-11-21(29)23(24(31)27(14)10-9-15-3-6-17(28)7-4-15)18(13-22(30)32-2)16-5-8-19(25)20(26)12-16/h3-8,11-12,18,28-29H,9-10,13H2,1-2H3. The zero-order valence-corrected chi connectivity index (χ0v) is 17.6. The van der Waals surface area contributed by atoms with Gasteiger partial charge in [0.25, 0.3) is 5.56 Å². The first-order chi connectivity index (χ1) is 15.2. The summed E-state index contributed by atoms with van der Waals surface area (Å²) in [7, 11) is 1.18. The lowest BCUT2D eigenvalue weighted by molar-refractivity contribution is -0.140. The topological polar surface area (TPSA) is 88.8 Å². The molecule has 0 amide bonds. The van der Waals surface area contributed by atoms with E-state index in [4.69, 9.17) is 4.74 Å². The molecule has 3 rings (SSSR count). The number of carbonyl (C=O) groups is 1. The highest BCUT2D eigenvalue weighted by molar-refractivity contribution is 5.71. The van der Waals surface area contributed by atoms with Gasteiger partial charge < -0.3 is 19.5 Å². The van der Waals surface area contributed by atoms with Crippen LogP contribution in [0.5, 0.6) is 11.5 Å². The predicted octanol–water partition coefficient (Wildman–Crippen LogP) is 3.78. The average molecular weight is 443 g/mol. The van der Waals surface area contributed by atoms with E-state index in [0.717, 1.165) is 17.7 Å². The number of halogens is 2. The van der Waals surface area contributed by atoms with E-state index in [-0.39, 0.29) is 35.6 Å². The number of hydrogen-bond donors (Lipinski definition) is 2. The smallest absolute Gasteiger partial charge is 0.306 e. The minimum atomic E-state index is -1.13. The molecule has 1 atom stereocenters. The summed E-state index contributed by atoms with van der Waals surface area (Å²) in [6.07, 6.45) is 0.128. The van der Waals surface area contributed by atoms with Gasteiger partial charge in [0.1, 0.15) is 11.5 Å². The number of esters is 1. The second-order valence-corrected chi connectivity index (χ2v) is 7.46. The number of aryl methyl sites for hydroxylation is 2. The number of phenolic OH excluding ortho intramolecular Hbond substituents is 1. The van der Waals surface area contributed by atoms with Crippen molar-refractivity contribution in [2.45, 2.75) is 32.2 Å². The van der Waals surface area contributed by atoms with Crippen molar-refractivity contribution >= 4 is 5.97 Å². The summed E-state index contributed by atoms with van der Waals surface area (Å²) in [5.74, 6) is -4.11. The molecule has 0 aliphatic heterocycles. The lowest BCUT2D eigenvalue weighted by atomic mass is 9.88. The summed E-state index contributed by atoms with van der Waals surface area (Å²) < 4.78 is 33.5. The Morgan fingerprint density at radius 2 is 1.75 bits per heavy atom. The molecule has 2 aromatic carbocycles. The quantitative estimate of drug-likeness (QED) is 0.543. The van der Waals surface area contributed by atoms with E-state index in [2.05, 4.69) is 0 Å².